The smallest absolute Gasteiger partial charge is 0.261 e. The molecule has 0 fully saturated rings. The van der Waals surface area contributed by atoms with E-state index in [0.29, 0.717) is 17.8 Å². The molecular formula is C15H18N2O3S. The van der Waals surface area contributed by atoms with Crippen molar-refractivity contribution >= 4 is 22.1 Å². The number of hydrogen-bond acceptors (Lipinski definition) is 3. The van der Waals surface area contributed by atoms with Crippen molar-refractivity contribution < 1.29 is 13.2 Å². The minimum atomic E-state index is -3.66. The molecule has 0 atom stereocenters. The van der Waals surface area contributed by atoms with Gasteiger partial charge >= 0.3 is 0 Å². The van der Waals surface area contributed by atoms with Crippen molar-refractivity contribution in [2.45, 2.75) is 18.7 Å². The molecule has 0 aromatic heterocycles. The van der Waals surface area contributed by atoms with E-state index in [0.717, 1.165) is 0 Å². The van der Waals surface area contributed by atoms with Crippen molar-refractivity contribution in [2.75, 3.05) is 5.32 Å². The predicted octanol–water partition coefficient (Wildman–Crippen LogP) is 2.57. The number of carbonyl (C=O) groups excluding carboxylic acids is 1. The van der Waals surface area contributed by atoms with Gasteiger partial charge in [-0.25, -0.2) is 8.42 Å². The quantitative estimate of drug-likeness (QED) is 0.600. The molecule has 112 valence electrons. The molecule has 5 nitrogen and oxygen atoms in total. The Balaban J connectivity index is 3.01. The topological polar surface area (TPSA) is 75.3 Å². The fourth-order valence-electron chi connectivity index (χ4n) is 1.52. The number of amides is 1. The number of rotatable bonds is 7. The number of allylic oxidation sites excluding steroid dienone is 5. The van der Waals surface area contributed by atoms with Gasteiger partial charge in [-0.3, -0.25) is 9.52 Å². The van der Waals surface area contributed by atoms with Gasteiger partial charge in [0.2, 0.25) is 6.41 Å². The van der Waals surface area contributed by atoms with Crippen molar-refractivity contribution in [3.63, 3.8) is 0 Å². The average Bonchev–Trinajstić information content (AvgIpc) is 2.46. The highest BCUT2D eigenvalue weighted by molar-refractivity contribution is 7.89. The molecule has 0 radical (unpaired) electrons. The maximum Gasteiger partial charge on any atom is 0.261 e. The predicted molar refractivity (Wildman–Crippen MR) is 84.2 cm³/mol. The van der Waals surface area contributed by atoms with Gasteiger partial charge in [0.15, 0.2) is 0 Å². The highest BCUT2D eigenvalue weighted by Gasteiger charge is 2.14. The Morgan fingerprint density at radius 3 is 2.29 bits per heavy atom. The summed E-state index contributed by atoms with van der Waals surface area (Å²) in [5.74, 6) is 0. The number of anilines is 1. The summed E-state index contributed by atoms with van der Waals surface area (Å²) in [6.45, 7) is 3.65. The van der Waals surface area contributed by atoms with Gasteiger partial charge < -0.3 is 5.32 Å². The van der Waals surface area contributed by atoms with E-state index in [1.54, 1.807) is 37.3 Å². The van der Waals surface area contributed by atoms with Crippen LogP contribution < -0.4 is 10.0 Å². The summed E-state index contributed by atoms with van der Waals surface area (Å²) in [6.07, 6.45) is 9.16. The van der Waals surface area contributed by atoms with E-state index in [-0.39, 0.29) is 4.90 Å². The minimum Gasteiger partial charge on any atom is -0.329 e. The summed E-state index contributed by atoms with van der Waals surface area (Å²) in [5.41, 5.74) is 0.993. The summed E-state index contributed by atoms with van der Waals surface area (Å²) in [5, 5.41) is 2.45. The third kappa shape index (κ3) is 5.27. The molecule has 6 heteroatoms. The normalized spacial score (nSPS) is 12.8. The van der Waals surface area contributed by atoms with E-state index < -0.39 is 10.0 Å². The van der Waals surface area contributed by atoms with Crippen LogP contribution in [0.4, 0.5) is 5.69 Å². The molecule has 0 saturated carbocycles. The molecule has 0 aliphatic carbocycles. The summed E-state index contributed by atoms with van der Waals surface area (Å²) >= 11 is 0. The fraction of sp³-hybridized carbons (Fsp3) is 0.133. The SMILES string of the molecule is C\C=C/C=C(\C=C/C)NS(=O)(=O)c1ccc(NC=O)cc1. The first-order valence-electron chi connectivity index (χ1n) is 6.32. The third-order valence-corrected chi connectivity index (χ3v) is 3.85. The van der Waals surface area contributed by atoms with Crippen LogP contribution in [-0.2, 0) is 14.8 Å². The van der Waals surface area contributed by atoms with E-state index in [1.807, 2.05) is 6.92 Å². The van der Waals surface area contributed by atoms with Gasteiger partial charge in [0.1, 0.15) is 0 Å². The first-order chi connectivity index (χ1) is 10.0. The fourth-order valence-corrected chi connectivity index (χ4v) is 2.57. The van der Waals surface area contributed by atoms with Crippen LogP contribution in [0, 0.1) is 0 Å². The number of carbonyl (C=O) groups is 1. The molecule has 0 aliphatic rings. The van der Waals surface area contributed by atoms with Crippen molar-refractivity contribution in [1.29, 1.82) is 0 Å². The van der Waals surface area contributed by atoms with Crippen molar-refractivity contribution in [1.82, 2.24) is 4.72 Å². The highest BCUT2D eigenvalue weighted by Crippen LogP contribution is 2.14. The standard InChI is InChI=1S/C15H18N2O3S/c1-3-5-7-14(6-4-2)17-21(19,20)15-10-8-13(9-11-15)16-12-18/h3-12,17H,1-2H3,(H,16,18)/b5-3-,6-4-,14-7+. The first-order valence-corrected chi connectivity index (χ1v) is 7.80. The molecule has 0 saturated heterocycles. The van der Waals surface area contributed by atoms with Crippen molar-refractivity contribution in [2.24, 2.45) is 0 Å². The largest absolute Gasteiger partial charge is 0.329 e. The maximum absolute atomic E-state index is 12.2. The third-order valence-electron chi connectivity index (χ3n) is 2.46. The molecule has 0 unspecified atom stereocenters. The van der Waals surface area contributed by atoms with E-state index >= 15 is 0 Å². The Hall–Kier alpha value is -2.34. The first kappa shape index (κ1) is 16.7. The number of benzene rings is 1. The van der Waals surface area contributed by atoms with Crippen LogP contribution in [0.1, 0.15) is 13.8 Å². The van der Waals surface area contributed by atoms with E-state index in [2.05, 4.69) is 10.0 Å². The molecule has 1 aromatic carbocycles. The molecule has 2 N–H and O–H groups in total. The Labute approximate surface area is 125 Å². The second-order valence-electron chi connectivity index (χ2n) is 4.04. The van der Waals surface area contributed by atoms with Crippen molar-refractivity contribution in [3.8, 4) is 0 Å². The molecular weight excluding hydrogens is 288 g/mol. The van der Waals surface area contributed by atoms with Gasteiger partial charge in [-0.2, -0.15) is 0 Å². The molecule has 0 spiro atoms. The van der Waals surface area contributed by atoms with Crippen LogP contribution in [-0.4, -0.2) is 14.8 Å². The van der Waals surface area contributed by atoms with E-state index in [1.165, 1.54) is 24.3 Å². The van der Waals surface area contributed by atoms with Crippen LogP contribution >= 0.6 is 0 Å². The molecule has 1 amide bonds. The zero-order valence-electron chi connectivity index (χ0n) is 11.9. The lowest BCUT2D eigenvalue weighted by atomic mass is 10.3. The zero-order chi connectivity index (χ0) is 15.7. The van der Waals surface area contributed by atoms with Crippen LogP contribution in [0.5, 0.6) is 0 Å². The Morgan fingerprint density at radius 1 is 1.10 bits per heavy atom. The Morgan fingerprint density at radius 2 is 1.76 bits per heavy atom. The minimum absolute atomic E-state index is 0.120. The highest BCUT2D eigenvalue weighted by atomic mass is 32.2. The molecule has 0 heterocycles. The van der Waals surface area contributed by atoms with Gasteiger partial charge in [-0.1, -0.05) is 18.2 Å². The molecule has 1 rings (SSSR count). The summed E-state index contributed by atoms with van der Waals surface area (Å²) < 4.78 is 27.0. The molecule has 0 bridgehead atoms. The van der Waals surface area contributed by atoms with Crippen LogP contribution in [0.25, 0.3) is 0 Å². The van der Waals surface area contributed by atoms with E-state index in [4.69, 9.17) is 0 Å². The monoisotopic (exact) mass is 306 g/mol. The van der Waals surface area contributed by atoms with Gasteiger partial charge in [-0.15, -0.1) is 0 Å². The average molecular weight is 306 g/mol. The van der Waals surface area contributed by atoms with Crippen molar-refractivity contribution in [3.05, 3.63) is 60.3 Å². The van der Waals surface area contributed by atoms with Gasteiger partial charge in [0.25, 0.3) is 10.0 Å². The second-order valence-corrected chi connectivity index (χ2v) is 5.72. The molecule has 1 aromatic rings. The summed E-state index contributed by atoms with van der Waals surface area (Å²) in [4.78, 5) is 10.4. The Bertz CT molecular complexity index is 657. The lowest BCUT2D eigenvalue weighted by Gasteiger charge is -2.09. The lowest BCUT2D eigenvalue weighted by Crippen LogP contribution is -2.22. The lowest BCUT2D eigenvalue weighted by molar-refractivity contribution is -0.105. The molecule has 21 heavy (non-hydrogen) atoms. The number of hydrogen-bond donors (Lipinski definition) is 2. The van der Waals surface area contributed by atoms with Crippen LogP contribution in [0.15, 0.2) is 65.2 Å². The van der Waals surface area contributed by atoms with Gasteiger partial charge in [0, 0.05) is 11.4 Å². The van der Waals surface area contributed by atoms with E-state index in [9.17, 15) is 13.2 Å². The summed E-state index contributed by atoms with van der Waals surface area (Å²) in [7, 11) is -3.66. The molecule has 0 aliphatic heterocycles. The van der Waals surface area contributed by atoms with Crippen LogP contribution in [0.3, 0.4) is 0 Å². The van der Waals surface area contributed by atoms with Crippen LogP contribution in [0.2, 0.25) is 0 Å². The number of sulfonamides is 1. The maximum atomic E-state index is 12.2. The van der Waals surface area contributed by atoms with Gasteiger partial charge in [-0.05, 0) is 50.3 Å². The number of nitrogens with one attached hydrogen (secondary N) is 2. The second kappa shape index (κ2) is 8.06. The zero-order valence-corrected chi connectivity index (χ0v) is 12.7. The summed E-state index contributed by atoms with van der Waals surface area (Å²) in [6, 6.07) is 5.90. The Kier molecular flexibility index (Phi) is 6.42. The van der Waals surface area contributed by atoms with Gasteiger partial charge in [0.05, 0.1) is 4.90 Å².